The second kappa shape index (κ2) is 14.2. The van der Waals surface area contributed by atoms with E-state index in [1.807, 2.05) is 36.4 Å². The molecule has 0 N–H and O–H groups in total. The molecule has 0 aliphatic heterocycles. The van der Waals surface area contributed by atoms with E-state index in [1.54, 1.807) is 11.3 Å². The SMILES string of the molecule is c1ccc(-c2ccc3c(c2)c2ccccc2n3-c2ccc3c(c2)c2ccccc2n3-c2cccc3c2sc2c(-c4nc(-c5ccccc5)nc(-c5ccccc5)n4)cccc23)cc1. The summed E-state index contributed by atoms with van der Waals surface area (Å²) in [4.78, 5) is 15.2. The molecule has 4 heterocycles. The minimum Gasteiger partial charge on any atom is -0.309 e. The summed E-state index contributed by atoms with van der Waals surface area (Å²) < 4.78 is 7.23. The van der Waals surface area contributed by atoms with E-state index in [0.29, 0.717) is 17.5 Å². The lowest BCUT2D eigenvalue weighted by Crippen LogP contribution is -2.00. The van der Waals surface area contributed by atoms with Crippen molar-refractivity contribution in [2.75, 3.05) is 0 Å². The Balaban J connectivity index is 1.000. The van der Waals surface area contributed by atoms with Gasteiger partial charge in [0.05, 0.1) is 32.5 Å². The largest absolute Gasteiger partial charge is 0.309 e. The predicted octanol–water partition coefficient (Wildman–Crippen LogP) is 15.1. The quantitative estimate of drug-likeness (QED) is 0.168. The van der Waals surface area contributed by atoms with Crippen LogP contribution in [0.15, 0.2) is 212 Å². The third-order valence-electron chi connectivity index (χ3n) is 12.4. The maximum Gasteiger partial charge on any atom is 0.165 e. The van der Waals surface area contributed by atoms with Crippen LogP contribution < -0.4 is 0 Å². The van der Waals surface area contributed by atoms with Crippen molar-refractivity contribution in [3.8, 4) is 56.7 Å². The summed E-state index contributed by atoms with van der Waals surface area (Å²) in [5.41, 5.74) is 12.3. The first-order chi connectivity index (χ1) is 31.2. The Morgan fingerprint density at radius 1 is 0.302 bits per heavy atom. The van der Waals surface area contributed by atoms with Gasteiger partial charge in [0, 0.05) is 59.4 Å². The van der Waals surface area contributed by atoms with Gasteiger partial charge in [-0.15, -0.1) is 11.3 Å². The summed E-state index contributed by atoms with van der Waals surface area (Å²) in [7, 11) is 0. The normalized spacial score (nSPS) is 11.8. The van der Waals surface area contributed by atoms with Crippen molar-refractivity contribution in [3.63, 3.8) is 0 Å². The molecule has 0 atom stereocenters. The highest BCUT2D eigenvalue weighted by Crippen LogP contribution is 2.45. The van der Waals surface area contributed by atoms with Crippen LogP contribution in [0.2, 0.25) is 0 Å². The van der Waals surface area contributed by atoms with Crippen molar-refractivity contribution < 1.29 is 0 Å². The number of nitrogens with zero attached hydrogens (tertiary/aromatic N) is 5. The molecule has 4 aromatic heterocycles. The van der Waals surface area contributed by atoms with Crippen molar-refractivity contribution in [2.24, 2.45) is 0 Å². The Kier molecular flexibility index (Phi) is 8.01. The van der Waals surface area contributed by atoms with E-state index in [4.69, 9.17) is 15.0 Å². The molecule has 294 valence electrons. The molecule has 0 bridgehead atoms. The first-order valence-corrected chi connectivity index (χ1v) is 22.0. The minimum absolute atomic E-state index is 0.653. The lowest BCUT2D eigenvalue weighted by Gasteiger charge is -2.11. The second-order valence-corrected chi connectivity index (χ2v) is 17.0. The highest BCUT2D eigenvalue weighted by Gasteiger charge is 2.21. The third-order valence-corrected chi connectivity index (χ3v) is 13.7. The average molecular weight is 822 g/mol. The van der Waals surface area contributed by atoms with E-state index in [0.717, 1.165) is 38.3 Å². The van der Waals surface area contributed by atoms with Crippen LogP contribution in [0, 0.1) is 0 Å². The van der Waals surface area contributed by atoms with Crippen LogP contribution in [-0.2, 0) is 0 Å². The molecule has 0 saturated carbocycles. The number of hydrogen-bond acceptors (Lipinski definition) is 4. The van der Waals surface area contributed by atoms with Crippen molar-refractivity contribution in [3.05, 3.63) is 212 Å². The summed E-state index contributed by atoms with van der Waals surface area (Å²) in [5.74, 6) is 1.97. The van der Waals surface area contributed by atoms with Crippen LogP contribution in [0.5, 0.6) is 0 Å². The minimum atomic E-state index is 0.653. The van der Waals surface area contributed by atoms with Gasteiger partial charge in [-0.2, -0.15) is 0 Å². The maximum absolute atomic E-state index is 5.14. The van der Waals surface area contributed by atoms with Crippen LogP contribution in [0.4, 0.5) is 0 Å². The molecule has 0 amide bonds. The fourth-order valence-corrected chi connectivity index (χ4v) is 10.8. The molecule has 63 heavy (non-hydrogen) atoms. The summed E-state index contributed by atoms with van der Waals surface area (Å²) in [6, 6.07) is 75.6. The van der Waals surface area contributed by atoms with Gasteiger partial charge in [0.2, 0.25) is 0 Å². The molecule has 0 aliphatic rings. The van der Waals surface area contributed by atoms with Crippen molar-refractivity contribution in [2.45, 2.75) is 0 Å². The summed E-state index contributed by atoms with van der Waals surface area (Å²) in [6.07, 6.45) is 0. The van der Waals surface area contributed by atoms with E-state index in [1.165, 1.54) is 64.7 Å². The first kappa shape index (κ1) is 35.6. The van der Waals surface area contributed by atoms with Gasteiger partial charge in [-0.1, -0.05) is 158 Å². The van der Waals surface area contributed by atoms with Crippen LogP contribution in [0.3, 0.4) is 0 Å². The van der Waals surface area contributed by atoms with Crippen molar-refractivity contribution >= 4 is 75.1 Å². The highest BCUT2D eigenvalue weighted by molar-refractivity contribution is 7.26. The number of thiophene rings is 1. The van der Waals surface area contributed by atoms with E-state index in [9.17, 15) is 0 Å². The average Bonchev–Trinajstić information content (AvgIpc) is 4.02. The van der Waals surface area contributed by atoms with E-state index in [2.05, 4.69) is 185 Å². The monoisotopic (exact) mass is 821 g/mol. The molecule has 0 fully saturated rings. The Hall–Kier alpha value is -8.19. The zero-order valence-corrected chi connectivity index (χ0v) is 34.7. The lowest BCUT2D eigenvalue weighted by molar-refractivity contribution is 1.08. The zero-order chi connectivity index (χ0) is 41.4. The number of para-hydroxylation sites is 2. The van der Waals surface area contributed by atoms with Gasteiger partial charge in [0.15, 0.2) is 17.5 Å². The van der Waals surface area contributed by atoms with Gasteiger partial charge in [-0.25, -0.2) is 15.0 Å². The standard InChI is InChI=1S/C57H35N5S/c1-4-16-36(17-5-1)39-30-32-50-46(34-39)41-22-10-12-27-48(41)61(50)40-31-33-51-47(35-40)42-23-11-13-28-49(42)62(51)52-29-15-25-44-43-24-14-26-45(53(43)63-54(44)52)57-59-55(37-18-6-2-7-19-37)58-56(60-57)38-20-8-3-9-21-38/h1-35H. The Labute approximate surface area is 366 Å². The fraction of sp³-hybridized carbons (Fsp3) is 0. The molecular formula is C57H35N5S. The molecule has 5 nitrogen and oxygen atoms in total. The molecule has 13 aromatic rings. The highest BCUT2D eigenvalue weighted by atomic mass is 32.1. The Bertz CT molecular complexity index is 3850. The second-order valence-electron chi connectivity index (χ2n) is 16.0. The summed E-state index contributed by atoms with van der Waals surface area (Å²) >= 11 is 1.81. The molecule has 0 unspecified atom stereocenters. The molecule has 0 radical (unpaired) electrons. The van der Waals surface area contributed by atoms with Crippen molar-refractivity contribution in [1.82, 2.24) is 24.1 Å². The van der Waals surface area contributed by atoms with Gasteiger partial charge in [-0.3, -0.25) is 0 Å². The zero-order valence-electron chi connectivity index (χ0n) is 33.9. The van der Waals surface area contributed by atoms with Gasteiger partial charge < -0.3 is 9.13 Å². The first-order valence-electron chi connectivity index (χ1n) is 21.2. The summed E-state index contributed by atoms with van der Waals surface area (Å²) in [5, 5.41) is 7.30. The van der Waals surface area contributed by atoms with E-state index in [-0.39, 0.29) is 0 Å². The summed E-state index contributed by atoms with van der Waals surface area (Å²) in [6.45, 7) is 0. The van der Waals surface area contributed by atoms with E-state index < -0.39 is 0 Å². The lowest BCUT2D eigenvalue weighted by atomic mass is 10.0. The van der Waals surface area contributed by atoms with Gasteiger partial charge >= 0.3 is 0 Å². The van der Waals surface area contributed by atoms with Gasteiger partial charge in [0.1, 0.15) is 0 Å². The predicted molar refractivity (Wildman–Crippen MR) is 263 cm³/mol. The molecule has 0 saturated heterocycles. The van der Waals surface area contributed by atoms with E-state index >= 15 is 0 Å². The number of aromatic nitrogens is 5. The van der Waals surface area contributed by atoms with Gasteiger partial charge in [-0.05, 0) is 65.7 Å². The topological polar surface area (TPSA) is 48.5 Å². The molecule has 9 aromatic carbocycles. The number of rotatable bonds is 6. The molecule has 0 aliphatic carbocycles. The van der Waals surface area contributed by atoms with Crippen LogP contribution in [0.1, 0.15) is 0 Å². The maximum atomic E-state index is 5.14. The fourth-order valence-electron chi connectivity index (χ4n) is 9.51. The number of benzene rings is 9. The third kappa shape index (κ3) is 5.66. The van der Waals surface area contributed by atoms with Crippen LogP contribution in [-0.4, -0.2) is 24.1 Å². The van der Waals surface area contributed by atoms with Gasteiger partial charge in [0.25, 0.3) is 0 Å². The van der Waals surface area contributed by atoms with Crippen molar-refractivity contribution in [1.29, 1.82) is 0 Å². The smallest absolute Gasteiger partial charge is 0.165 e. The molecule has 6 heteroatoms. The number of fused-ring (bicyclic) bond motifs is 9. The van der Waals surface area contributed by atoms with Crippen LogP contribution in [0.25, 0.3) is 120 Å². The number of hydrogen-bond donors (Lipinski definition) is 0. The Morgan fingerprint density at radius 2 is 0.794 bits per heavy atom. The van der Waals surface area contributed by atoms with Crippen LogP contribution >= 0.6 is 11.3 Å². The molecule has 0 spiro atoms. The Morgan fingerprint density at radius 3 is 1.48 bits per heavy atom. The molecular weight excluding hydrogens is 787 g/mol. The molecule has 13 rings (SSSR count).